The Balaban J connectivity index is 2.46. The van der Waals surface area contributed by atoms with Crippen LogP contribution in [0.1, 0.15) is 25.3 Å². The van der Waals surface area contributed by atoms with Gasteiger partial charge < -0.3 is 9.17 Å². The predicted octanol–water partition coefficient (Wildman–Crippen LogP) is 2.90. The van der Waals surface area contributed by atoms with E-state index in [2.05, 4.69) is 19.4 Å². The Morgan fingerprint density at radius 1 is 1.23 bits per heavy atom. The molecule has 0 aliphatic carbocycles. The third-order valence-electron chi connectivity index (χ3n) is 3.70. The Labute approximate surface area is 143 Å². The molecule has 0 saturated carbocycles. The largest absolute Gasteiger partial charge is 0.534 e. The zero-order valence-electron chi connectivity index (χ0n) is 13.2. The Kier molecular flexibility index (Phi) is 3.98. The minimum Gasteiger partial charge on any atom is -0.375 e. The molecule has 0 atom stereocenters. The van der Waals surface area contributed by atoms with E-state index in [1.165, 1.54) is 26.1 Å². The highest BCUT2D eigenvalue weighted by Gasteiger charge is 2.49. The summed E-state index contributed by atoms with van der Waals surface area (Å²) in [5.41, 5.74) is -7.63. The average molecular weight is 393 g/mol. The summed E-state index contributed by atoms with van der Waals surface area (Å²) in [6.45, 7) is 2.91. The zero-order chi connectivity index (χ0) is 19.4. The highest BCUT2D eigenvalue weighted by atomic mass is 32.2. The lowest BCUT2D eigenvalue weighted by atomic mass is 10.0. The van der Waals surface area contributed by atoms with Crippen molar-refractivity contribution in [3.8, 4) is 5.75 Å². The molecule has 0 aliphatic heterocycles. The molecule has 26 heavy (non-hydrogen) atoms. The van der Waals surface area contributed by atoms with Gasteiger partial charge in [-0.05, 0) is 12.0 Å². The van der Waals surface area contributed by atoms with Gasteiger partial charge in [-0.2, -0.15) is 26.7 Å². The molecule has 0 bridgehead atoms. The molecule has 0 spiro atoms. The number of alkyl halides is 3. The van der Waals surface area contributed by atoms with Crippen LogP contribution in [0, 0.1) is 5.82 Å². The molecule has 2 heterocycles. The van der Waals surface area contributed by atoms with Gasteiger partial charge in [0.25, 0.3) is 5.56 Å². The normalized spacial score (nSPS) is 13.0. The van der Waals surface area contributed by atoms with Crippen molar-refractivity contribution in [3.63, 3.8) is 0 Å². The molecular weight excluding hydrogens is 382 g/mol. The van der Waals surface area contributed by atoms with Crippen molar-refractivity contribution < 1.29 is 30.2 Å². The maximum Gasteiger partial charge on any atom is 0.534 e. The molecule has 0 amide bonds. The Hall–Kier alpha value is -2.63. The highest BCUT2D eigenvalue weighted by Crippen LogP contribution is 2.37. The summed E-state index contributed by atoms with van der Waals surface area (Å²) in [5.74, 6) is -2.57. The molecular formula is C14H11F4N3O4S. The van der Waals surface area contributed by atoms with Crippen molar-refractivity contribution in [2.24, 2.45) is 0 Å². The number of fused-ring (bicyclic) bond motifs is 2. The van der Waals surface area contributed by atoms with E-state index in [4.69, 9.17) is 0 Å². The molecule has 0 unspecified atom stereocenters. The molecule has 3 aromatic rings. The minimum atomic E-state index is -6.07. The van der Waals surface area contributed by atoms with Gasteiger partial charge in [0.1, 0.15) is 5.52 Å². The first-order valence-electron chi connectivity index (χ1n) is 7.16. The van der Waals surface area contributed by atoms with E-state index < -0.39 is 44.2 Å². The average Bonchev–Trinajstić information content (AvgIpc) is 2.95. The molecule has 0 fully saturated rings. The fraction of sp³-hybridized carbons (Fsp3) is 0.286. The first-order chi connectivity index (χ1) is 11.9. The third kappa shape index (κ3) is 2.69. The van der Waals surface area contributed by atoms with E-state index in [1.54, 1.807) is 0 Å². The fourth-order valence-electron chi connectivity index (χ4n) is 2.55. The summed E-state index contributed by atoms with van der Waals surface area (Å²) in [5, 5.41) is 5.79. The van der Waals surface area contributed by atoms with Crippen LogP contribution in [0.25, 0.3) is 21.8 Å². The Morgan fingerprint density at radius 3 is 2.46 bits per heavy atom. The lowest BCUT2D eigenvalue weighted by Crippen LogP contribution is -2.29. The molecule has 3 rings (SSSR count). The van der Waals surface area contributed by atoms with Crippen LogP contribution in [0.2, 0.25) is 0 Å². The quantitative estimate of drug-likeness (QED) is 0.404. The van der Waals surface area contributed by atoms with E-state index >= 15 is 0 Å². The summed E-state index contributed by atoms with van der Waals surface area (Å²) in [4.78, 5) is 14.5. The molecule has 0 aliphatic rings. The van der Waals surface area contributed by atoms with Crippen LogP contribution in [0.5, 0.6) is 5.75 Å². The van der Waals surface area contributed by atoms with Gasteiger partial charge in [-0.3, -0.25) is 9.89 Å². The van der Waals surface area contributed by atoms with Gasteiger partial charge in [-0.25, -0.2) is 4.39 Å². The van der Waals surface area contributed by atoms with E-state index in [0.29, 0.717) is 0 Å². The second-order valence-corrected chi connectivity index (χ2v) is 7.32. The number of nitrogens with one attached hydrogen (secondary N) is 2. The fourth-order valence-corrected chi connectivity index (χ4v) is 3.05. The van der Waals surface area contributed by atoms with Crippen LogP contribution in [0.15, 0.2) is 17.1 Å². The van der Waals surface area contributed by atoms with Gasteiger partial charge in [0.15, 0.2) is 11.6 Å². The van der Waals surface area contributed by atoms with E-state index in [0.717, 1.165) is 0 Å². The van der Waals surface area contributed by atoms with Gasteiger partial charge >= 0.3 is 15.6 Å². The maximum atomic E-state index is 14.6. The topological polar surface area (TPSA) is 105 Å². The summed E-state index contributed by atoms with van der Waals surface area (Å²) in [6.07, 6.45) is 1.19. The van der Waals surface area contributed by atoms with Crippen molar-refractivity contribution in [3.05, 3.63) is 34.0 Å². The molecule has 0 radical (unpaired) electrons. The van der Waals surface area contributed by atoms with Crippen LogP contribution in [0.3, 0.4) is 0 Å². The molecule has 1 aromatic carbocycles. The number of aromatic amines is 2. The first kappa shape index (κ1) is 18.2. The molecule has 7 nitrogen and oxygen atoms in total. The molecule has 2 aromatic heterocycles. The van der Waals surface area contributed by atoms with Gasteiger partial charge in [0.05, 0.1) is 17.3 Å². The van der Waals surface area contributed by atoms with Crippen molar-refractivity contribution in [2.45, 2.75) is 25.3 Å². The van der Waals surface area contributed by atoms with Crippen LogP contribution >= 0.6 is 0 Å². The number of hydrogen-bond acceptors (Lipinski definition) is 5. The Morgan fingerprint density at radius 2 is 1.88 bits per heavy atom. The van der Waals surface area contributed by atoms with Gasteiger partial charge in [-0.15, -0.1) is 0 Å². The number of aromatic nitrogens is 3. The van der Waals surface area contributed by atoms with E-state index in [9.17, 15) is 30.8 Å². The van der Waals surface area contributed by atoms with E-state index in [1.807, 2.05) is 0 Å². The molecule has 0 saturated heterocycles. The van der Waals surface area contributed by atoms with Crippen LogP contribution < -0.4 is 9.74 Å². The second-order valence-electron chi connectivity index (χ2n) is 5.78. The summed E-state index contributed by atoms with van der Waals surface area (Å²) in [6, 6.07) is 1.18. The standard InChI is InChI=1S/C14H11F4N3O4S/c1-5(2)8-12(25-26(23,24)14(16,17)18)7-3-6-4-19-21-10(6)9(15)11(7)20-13(8)22/h3-5H,1-2H3,(H,19,21)(H,20,22). The molecule has 140 valence electrons. The van der Waals surface area contributed by atoms with Gasteiger partial charge in [0.2, 0.25) is 0 Å². The van der Waals surface area contributed by atoms with Gasteiger partial charge in [0, 0.05) is 10.8 Å². The summed E-state index contributed by atoms with van der Waals surface area (Å²) >= 11 is 0. The zero-order valence-corrected chi connectivity index (χ0v) is 14.0. The number of hydrogen-bond donors (Lipinski definition) is 2. The monoisotopic (exact) mass is 393 g/mol. The predicted molar refractivity (Wildman–Crippen MR) is 83.9 cm³/mol. The van der Waals surface area contributed by atoms with Crippen LogP contribution in [0.4, 0.5) is 17.6 Å². The number of benzene rings is 1. The highest BCUT2D eigenvalue weighted by molar-refractivity contribution is 7.88. The number of halogens is 4. The number of H-pyrrole nitrogens is 2. The smallest absolute Gasteiger partial charge is 0.375 e. The summed E-state index contributed by atoms with van der Waals surface area (Å²) < 4.78 is 80.1. The van der Waals surface area contributed by atoms with Crippen molar-refractivity contribution in [1.82, 2.24) is 15.2 Å². The summed E-state index contributed by atoms with van der Waals surface area (Å²) in [7, 11) is -6.07. The first-order valence-corrected chi connectivity index (χ1v) is 8.57. The number of nitrogens with zero attached hydrogens (tertiary/aromatic N) is 1. The van der Waals surface area contributed by atoms with Crippen molar-refractivity contribution >= 4 is 31.9 Å². The SMILES string of the molecule is CC(C)c1c(OS(=O)(=O)C(F)(F)F)c2cc3cn[nH]c3c(F)c2[nH]c1=O. The van der Waals surface area contributed by atoms with E-state index in [-0.39, 0.29) is 21.9 Å². The lowest BCUT2D eigenvalue weighted by molar-refractivity contribution is -0.0499. The minimum absolute atomic E-state index is 0.102. The van der Waals surface area contributed by atoms with Crippen molar-refractivity contribution in [2.75, 3.05) is 0 Å². The van der Waals surface area contributed by atoms with Crippen molar-refractivity contribution in [1.29, 1.82) is 0 Å². The molecule has 2 N–H and O–H groups in total. The number of rotatable bonds is 3. The third-order valence-corrected chi connectivity index (χ3v) is 4.66. The second kappa shape index (κ2) is 5.69. The maximum absolute atomic E-state index is 14.6. The van der Waals surface area contributed by atoms with Gasteiger partial charge in [-0.1, -0.05) is 13.8 Å². The number of pyridine rings is 1. The van der Waals surface area contributed by atoms with Crippen LogP contribution in [-0.2, 0) is 10.1 Å². The molecule has 12 heteroatoms. The Bertz CT molecular complexity index is 1180. The lowest BCUT2D eigenvalue weighted by Gasteiger charge is -2.16. The van der Waals surface area contributed by atoms with Crippen LogP contribution in [-0.4, -0.2) is 29.1 Å².